The summed E-state index contributed by atoms with van der Waals surface area (Å²) >= 11 is 2.39. The van der Waals surface area contributed by atoms with Gasteiger partial charge in [0.2, 0.25) is 11.1 Å². The number of carbonyl (C=O) groups is 1. The number of anilines is 1. The average molecular weight is 444 g/mol. The number of para-hydroxylation sites is 1. The average Bonchev–Trinajstić information content (AvgIpc) is 3.38. The van der Waals surface area contributed by atoms with Crippen molar-refractivity contribution in [2.75, 3.05) is 11.1 Å². The molecule has 4 aromatic rings. The van der Waals surface area contributed by atoms with E-state index in [9.17, 15) is 13.6 Å². The highest BCUT2D eigenvalue weighted by Crippen LogP contribution is 2.26. The van der Waals surface area contributed by atoms with Crippen molar-refractivity contribution >= 4 is 34.1 Å². The molecule has 0 unspecified atom stereocenters. The number of carbonyl (C=O) groups excluding carboxylic acids is 1. The van der Waals surface area contributed by atoms with Crippen molar-refractivity contribution in [3.8, 4) is 16.9 Å². The molecule has 0 aliphatic carbocycles. The third kappa shape index (κ3) is 4.36. The van der Waals surface area contributed by atoms with Crippen LogP contribution in [0.2, 0.25) is 0 Å². The number of nitrogens with zero attached hydrogens (tertiary/aromatic N) is 5. The number of rotatable bonds is 6. The fourth-order valence-electron chi connectivity index (χ4n) is 2.63. The number of hydrogen-bond donors (Lipinski definition) is 1. The van der Waals surface area contributed by atoms with Crippen LogP contribution in [0.15, 0.2) is 53.0 Å². The van der Waals surface area contributed by atoms with Crippen LogP contribution in [0.4, 0.5) is 13.9 Å². The van der Waals surface area contributed by atoms with Gasteiger partial charge in [-0.2, -0.15) is 4.68 Å². The Morgan fingerprint density at radius 2 is 2.03 bits per heavy atom. The van der Waals surface area contributed by atoms with E-state index in [1.54, 1.807) is 10.1 Å². The largest absolute Gasteiger partial charge is 0.301 e. The van der Waals surface area contributed by atoms with Crippen LogP contribution in [0.1, 0.15) is 5.56 Å². The molecule has 4 rings (SSSR count). The molecule has 152 valence electrons. The van der Waals surface area contributed by atoms with Gasteiger partial charge in [0, 0.05) is 10.9 Å². The lowest BCUT2D eigenvalue weighted by molar-refractivity contribution is -0.113. The van der Waals surface area contributed by atoms with Crippen molar-refractivity contribution in [2.45, 2.75) is 12.1 Å². The van der Waals surface area contributed by atoms with Crippen molar-refractivity contribution in [1.82, 2.24) is 25.2 Å². The van der Waals surface area contributed by atoms with Crippen LogP contribution in [0.3, 0.4) is 0 Å². The van der Waals surface area contributed by atoms with Gasteiger partial charge in [-0.3, -0.25) is 4.79 Å². The number of nitrogens with one attached hydrogen (secondary N) is 1. The Hall–Kier alpha value is -3.18. The first kappa shape index (κ1) is 20.1. The highest BCUT2D eigenvalue weighted by atomic mass is 32.2. The van der Waals surface area contributed by atoms with Gasteiger partial charge in [0.05, 0.1) is 17.1 Å². The maximum atomic E-state index is 13.4. The van der Waals surface area contributed by atoms with E-state index in [1.165, 1.54) is 29.2 Å². The minimum Gasteiger partial charge on any atom is -0.301 e. The van der Waals surface area contributed by atoms with Gasteiger partial charge in [0.15, 0.2) is 16.8 Å². The summed E-state index contributed by atoms with van der Waals surface area (Å²) in [4.78, 5) is 16.6. The van der Waals surface area contributed by atoms with Crippen LogP contribution in [0, 0.1) is 18.6 Å². The number of thioether (sulfide) groups is 1. The number of hydrogen-bond acceptors (Lipinski definition) is 7. The summed E-state index contributed by atoms with van der Waals surface area (Å²) < 4.78 is 28.1. The van der Waals surface area contributed by atoms with Crippen LogP contribution in [-0.2, 0) is 4.79 Å². The molecule has 2 aromatic carbocycles. The van der Waals surface area contributed by atoms with E-state index in [0.717, 1.165) is 23.4 Å². The first-order valence-corrected chi connectivity index (χ1v) is 10.6. The Labute approximate surface area is 178 Å². The molecule has 1 N–H and O–H groups in total. The lowest BCUT2D eigenvalue weighted by Crippen LogP contribution is -2.14. The topological polar surface area (TPSA) is 85.6 Å². The second-order valence-electron chi connectivity index (χ2n) is 6.16. The van der Waals surface area contributed by atoms with E-state index < -0.39 is 11.6 Å². The van der Waals surface area contributed by atoms with Gasteiger partial charge in [-0.1, -0.05) is 30.0 Å². The zero-order valence-electron chi connectivity index (χ0n) is 15.5. The van der Waals surface area contributed by atoms with E-state index in [2.05, 4.69) is 25.8 Å². The lowest BCUT2D eigenvalue weighted by Gasteiger charge is -2.06. The van der Waals surface area contributed by atoms with Crippen LogP contribution in [0.5, 0.6) is 0 Å². The van der Waals surface area contributed by atoms with Crippen LogP contribution in [-0.4, -0.2) is 36.9 Å². The normalized spacial score (nSPS) is 10.9. The summed E-state index contributed by atoms with van der Waals surface area (Å²) in [5.74, 6) is -2.08. The summed E-state index contributed by atoms with van der Waals surface area (Å²) in [6, 6.07) is 11.2. The molecule has 0 atom stereocenters. The first-order valence-electron chi connectivity index (χ1n) is 8.69. The molecule has 1 amide bonds. The van der Waals surface area contributed by atoms with Crippen LogP contribution >= 0.6 is 23.1 Å². The number of benzene rings is 2. The molecule has 0 aliphatic rings. The number of amides is 1. The second kappa shape index (κ2) is 8.67. The molecule has 0 saturated heterocycles. The minimum atomic E-state index is -0.950. The summed E-state index contributed by atoms with van der Waals surface area (Å²) in [5.41, 5.74) is 2.72. The summed E-state index contributed by atoms with van der Waals surface area (Å²) in [5, 5.41) is 16.9. The zero-order valence-corrected chi connectivity index (χ0v) is 17.2. The number of halogens is 2. The Morgan fingerprint density at radius 1 is 1.20 bits per heavy atom. The van der Waals surface area contributed by atoms with Crippen molar-refractivity contribution in [3.63, 3.8) is 0 Å². The van der Waals surface area contributed by atoms with E-state index in [-0.39, 0.29) is 11.7 Å². The Morgan fingerprint density at radius 3 is 2.83 bits per heavy atom. The van der Waals surface area contributed by atoms with Gasteiger partial charge >= 0.3 is 0 Å². The predicted molar refractivity (Wildman–Crippen MR) is 111 cm³/mol. The zero-order chi connectivity index (χ0) is 21.1. The Kier molecular flexibility index (Phi) is 5.81. The molecule has 2 aromatic heterocycles. The molecular formula is C19H14F2N6OS2. The van der Waals surface area contributed by atoms with Gasteiger partial charge in [-0.15, -0.1) is 16.4 Å². The maximum Gasteiger partial charge on any atom is 0.236 e. The third-order valence-corrected chi connectivity index (χ3v) is 5.76. The van der Waals surface area contributed by atoms with Crippen LogP contribution < -0.4 is 5.32 Å². The smallest absolute Gasteiger partial charge is 0.236 e. The Bertz CT molecular complexity index is 1210. The number of thiazole rings is 1. The van der Waals surface area contributed by atoms with E-state index in [0.29, 0.717) is 21.5 Å². The third-order valence-electron chi connectivity index (χ3n) is 4.08. The lowest BCUT2D eigenvalue weighted by atomic mass is 10.2. The molecule has 7 nitrogen and oxygen atoms in total. The quantitative estimate of drug-likeness (QED) is 0.451. The Balaban J connectivity index is 1.40. The number of tetrazole rings is 1. The second-order valence-corrected chi connectivity index (χ2v) is 7.96. The molecule has 0 aliphatic heterocycles. The summed E-state index contributed by atoms with van der Waals surface area (Å²) in [6.45, 7) is 1.95. The van der Waals surface area contributed by atoms with Gasteiger partial charge in [-0.25, -0.2) is 13.8 Å². The molecular weight excluding hydrogens is 430 g/mol. The van der Waals surface area contributed by atoms with Crippen LogP contribution in [0.25, 0.3) is 16.9 Å². The fraction of sp³-hybridized carbons (Fsp3) is 0.105. The SMILES string of the molecule is Cc1ccccc1-n1nnnc1SCC(=O)Nc1nc(-c2ccc(F)c(F)c2)cs1. The number of aryl methyl sites for hydroxylation is 1. The molecule has 0 fully saturated rings. The van der Waals surface area contributed by atoms with Crippen molar-refractivity contribution < 1.29 is 13.6 Å². The molecule has 0 bridgehead atoms. The fourth-order valence-corrected chi connectivity index (χ4v) is 4.05. The highest BCUT2D eigenvalue weighted by Gasteiger charge is 2.14. The van der Waals surface area contributed by atoms with Gasteiger partial charge in [0.1, 0.15) is 0 Å². The monoisotopic (exact) mass is 444 g/mol. The highest BCUT2D eigenvalue weighted by molar-refractivity contribution is 7.99. The maximum absolute atomic E-state index is 13.4. The molecule has 0 saturated carbocycles. The van der Waals surface area contributed by atoms with Gasteiger partial charge < -0.3 is 5.32 Å². The van der Waals surface area contributed by atoms with E-state index >= 15 is 0 Å². The van der Waals surface area contributed by atoms with Gasteiger partial charge in [-0.05, 0) is 47.2 Å². The molecule has 0 spiro atoms. The van der Waals surface area contributed by atoms with Crippen molar-refractivity contribution in [2.24, 2.45) is 0 Å². The molecule has 11 heteroatoms. The molecule has 30 heavy (non-hydrogen) atoms. The van der Waals surface area contributed by atoms with Gasteiger partial charge in [0.25, 0.3) is 0 Å². The minimum absolute atomic E-state index is 0.0757. The van der Waals surface area contributed by atoms with E-state index in [4.69, 9.17) is 0 Å². The molecule has 0 radical (unpaired) electrons. The standard InChI is InChI=1S/C19H14F2N6OS2/c1-11-4-2-3-5-16(11)27-19(24-25-26-27)30-10-17(28)23-18-22-15(9-29-18)12-6-7-13(20)14(21)8-12/h2-9H,10H2,1H3,(H,22,23,28). The first-order chi connectivity index (χ1) is 14.5. The summed E-state index contributed by atoms with van der Waals surface area (Å²) in [7, 11) is 0. The van der Waals surface area contributed by atoms with Crippen molar-refractivity contribution in [1.29, 1.82) is 0 Å². The predicted octanol–water partition coefficient (Wildman–Crippen LogP) is 4.10. The van der Waals surface area contributed by atoms with E-state index in [1.807, 2.05) is 31.2 Å². The van der Waals surface area contributed by atoms with Crippen molar-refractivity contribution in [3.05, 3.63) is 65.0 Å². The number of aromatic nitrogens is 5. The molecule has 2 heterocycles. The summed E-state index contributed by atoms with van der Waals surface area (Å²) in [6.07, 6.45) is 0.